The molecule has 2 aliphatic rings. The molecule has 19 heavy (non-hydrogen) atoms. The lowest BCUT2D eigenvalue weighted by atomic mass is 9.37. The Kier molecular flexibility index (Phi) is 4.48. The van der Waals surface area contributed by atoms with Gasteiger partial charge in [-0.2, -0.15) is 0 Å². The van der Waals surface area contributed by atoms with Gasteiger partial charge in [-0.25, -0.2) is 0 Å². The maximum atomic E-state index is 2.57. The van der Waals surface area contributed by atoms with Gasteiger partial charge in [-0.15, -0.1) is 0 Å². The molecule has 0 amide bonds. The van der Waals surface area contributed by atoms with E-state index in [4.69, 9.17) is 0 Å². The van der Waals surface area contributed by atoms with Gasteiger partial charge < -0.3 is 0 Å². The topological polar surface area (TPSA) is 0 Å². The Morgan fingerprint density at radius 1 is 1.11 bits per heavy atom. The Morgan fingerprint density at radius 3 is 2.26 bits per heavy atom. The molecule has 1 spiro atoms. The third kappa shape index (κ3) is 2.93. The highest BCUT2D eigenvalue weighted by atomic mass is 14.5. The van der Waals surface area contributed by atoms with E-state index in [2.05, 4.69) is 36.5 Å². The molecule has 0 N–H and O–H groups in total. The molecule has 2 saturated carbocycles. The van der Waals surface area contributed by atoms with E-state index >= 15 is 0 Å². The Balaban J connectivity index is 1.96. The zero-order chi connectivity index (χ0) is 14.1. The molecule has 1 atom stereocenters. The summed E-state index contributed by atoms with van der Waals surface area (Å²) in [6.45, 7) is 7.39. The van der Waals surface area contributed by atoms with Crippen molar-refractivity contribution in [1.29, 1.82) is 0 Å². The SMILES string of the molecule is BC(B)(C1CCC2(CCC2)C1)C(C)(C)CCCCC. The first-order valence-corrected chi connectivity index (χ1v) is 8.83. The summed E-state index contributed by atoms with van der Waals surface area (Å²) in [7, 11) is 5.14. The predicted molar refractivity (Wildman–Crippen MR) is 91.3 cm³/mol. The van der Waals surface area contributed by atoms with Crippen molar-refractivity contribution in [2.24, 2.45) is 16.7 Å². The minimum atomic E-state index is 0.502. The third-order valence-electron chi connectivity index (χ3n) is 7.29. The largest absolute Gasteiger partial charge is 0.100 e. The number of hydrogen-bond donors (Lipinski definition) is 0. The molecule has 0 aromatic heterocycles. The summed E-state index contributed by atoms with van der Waals surface area (Å²) < 4.78 is 0. The van der Waals surface area contributed by atoms with Gasteiger partial charge in [0.1, 0.15) is 15.7 Å². The van der Waals surface area contributed by atoms with E-state index in [0.717, 1.165) is 11.3 Å². The van der Waals surface area contributed by atoms with Crippen LogP contribution in [-0.2, 0) is 0 Å². The van der Waals surface area contributed by atoms with Crippen molar-refractivity contribution in [3.05, 3.63) is 0 Å². The molecule has 0 radical (unpaired) electrons. The van der Waals surface area contributed by atoms with Gasteiger partial charge in [0.2, 0.25) is 0 Å². The lowest BCUT2D eigenvalue weighted by molar-refractivity contribution is 0.123. The highest BCUT2D eigenvalue weighted by Crippen LogP contribution is 2.63. The molecular formula is C17H34B2. The molecule has 0 aromatic rings. The number of rotatable bonds is 6. The second-order valence-corrected chi connectivity index (χ2v) is 8.86. The van der Waals surface area contributed by atoms with Crippen LogP contribution in [0, 0.1) is 16.7 Å². The molecular weight excluding hydrogens is 226 g/mol. The molecule has 108 valence electrons. The van der Waals surface area contributed by atoms with Crippen LogP contribution in [0.15, 0.2) is 0 Å². The molecule has 2 rings (SSSR count). The van der Waals surface area contributed by atoms with Crippen molar-refractivity contribution in [2.45, 2.75) is 90.2 Å². The van der Waals surface area contributed by atoms with E-state index in [1.807, 2.05) is 0 Å². The summed E-state index contributed by atoms with van der Waals surface area (Å²) in [5, 5.41) is 0.514. The predicted octanol–water partition coefficient (Wildman–Crippen LogP) is 3.95. The van der Waals surface area contributed by atoms with Crippen LogP contribution in [-0.4, -0.2) is 15.7 Å². The number of hydrogen-bond acceptors (Lipinski definition) is 0. The van der Waals surface area contributed by atoms with Crippen LogP contribution in [0.3, 0.4) is 0 Å². The highest BCUT2D eigenvalue weighted by molar-refractivity contribution is 6.40. The van der Waals surface area contributed by atoms with Gasteiger partial charge in [-0.1, -0.05) is 58.1 Å². The van der Waals surface area contributed by atoms with Crippen molar-refractivity contribution < 1.29 is 0 Å². The van der Waals surface area contributed by atoms with Crippen molar-refractivity contribution in [2.75, 3.05) is 0 Å². The van der Waals surface area contributed by atoms with E-state index in [0.29, 0.717) is 10.6 Å². The zero-order valence-corrected chi connectivity index (χ0v) is 14.1. The average Bonchev–Trinajstić information content (AvgIpc) is 2.74. The second kappa shape index (κ2) is 5.49. The zero-order valence-electron chi connectivity index (χ0n) is 14.1. The lowest BCUT2D eigenvalue weighted by Gasteiger charge is -2.48. The highest BCUT2D eigenvalue weighted by Gasteiger charge is 2.51. The van der Waals surface area contributed by atoms with Crippen LogP contribution in [0.1, 0.15) is 85.0 Å². The fourth-order valence-electron chi connectivity index (χ4n) is 4.65. The van der Waals surface area contributed by atoms with Crippen molar-refractivity contribution in [3.8, 4) is 0 Å². The molecule has 1 unspecified atom stereocenters. The molecule has 0 bridgehead atoms. The molecule has 0 heterocycles. The quantitative estimate of drug-likeness (QED) is 0.501. The monoisotopic (exact) mass is 260 g/mol. The van der Waals surface area contributed by atoms with Gasteiger partial charge in [-0.05, 0) is 48.9 Å². The molecule has 2 aliphatic carbocycles. The van der Waals surface area contributed by atoms with Crippen LogP contribution in [0.2, 0.25) is 5.21 Å². The van der Waals surface area contributed by atoms with E-state index in [1.165, 1.54) is 64.2 Å². The smallest absolute Gasteiger partial charge is 0.0769 e. The van der Waals surface area contributed by atoms with Crippen LogP contribution in [0.25, 0.3) is 0 Å². The van der Waals surface area contributed by atoms with E-state index in [-0.39, 0.29) is 0 Å². The Bertz CT molecular complexity index is 302. The van der Waals surface area contributed by atoms with Gasteiger partial charge in [0.15, 0.2) is 0 Å². The maximum absolute atomic E-state index is 2.57. The summed E-state index contributed by atoms with van der Waals surface area (Å²) in [5.74, 6) is 0.976. The third-order valence-corrected chi connectivity index (χ3v) is 7.29. The standard InChI is InChI=1S/C17H34B2/c1-4-5-6-9-15(2,3)17(18,19)14-8-12-16(13-14)10-7-11-16/h14H,4-13,18-19H2,1-3H3. The first-order valence-electron chi connectivity index (χ1n) is 8.83. The minimum absolute atomic E-state index is 0.502. The summed E-state index contributed by atoms with van der Waals surface area (Å²) in [4.78, 5) is 0. The Morgan fingerprint density at radius 2 is 1.79 bits per heavy atom. The molecule has 0 saturated heterocycles. The van der Waals surface area contributed by atoms with Crippen molar-refractivity contribution in [1.82, 2.24) is 0 Å². The summed E-state index contributed by atoms with van der Waals surface area (Å²) in [6, 6.07) is 0. The maximum Gasteiger partial charge on any atom is 0.100 e. The van der Waals surface area contributed by atoms with Gasteiger partial charge >= 0.3 is 0 Å². The first-order chi connectivity index (χ1) is 8.83. The number of unbranched alkanes of at least 4 members (excludes halogenated alkanes) is 2. The molecule has 2 fully saturated rings. The molecule has 2 heteroatoms. The van der Waals surface area contributed by atoms with E-state index < -0.39 is 0 Å². The Labute approximate surface area is 123 Å². The van der Waals surface area contributed by atoms with Crippen LogP contribution >= 0.6 is 0 Å². The summed E-state index contributed by atoms with van der Waals surface area (Å²) >= 11 is 0. The molecule has 0 aromatic carbocycles. The van der Waals surface area contributed by atoms with Crippen LogP contribution < -0.4 is 0 Å². The van der Waals surface area contributed by atoms with Gasteiger partial charge in [-0.3, -0.25) is 0 Å². The van der Waals surface area contributed by atoms with Crippen LogP contribution in [0.4, 0.5) is 0 Å². The summed E-state index contributed by atoms with van der Waals surface area (Å²) in [6.07, 6.45) is 14.8. The summed E-state index contributed by atoms with van der Waals surface area (Å²) in [5.41, 5.74) is 1.31. The van der Waals surface area contributed by atoms with Crippen LogP contribution in [0.5, 0.6) is 0 Å². The van der Waals surface area contributed by atoms with Crippen molar-refractivity contribution >= 4 is 15.7 Å². The lowest BCUT2D eigenvalue weighted by Crippen LogP contribution is -2.39. The van der Waals surface area contributed by atoms with E-state index in [9.17, 15) is 0 Å². The molecule has 0 aliphatic heterocycles. The van der Waals surface area contributed by atoms with Gasteiger partial charge in [0.25, 0.3) is 0 Å². The van der Waals surface area contributed by atoms with Gasteiger partial charge in [0, 0.05) is 0 Å². The second-order valence-electron chi connectivity index (χ2n) is 8.86. The fourth-order valence-corrected chi connectivity index (χ4v) is 4.65. The van der Waals surface area contributed by atoms with E-state index in [1.54, 1.807) is 0 Å². The minimum Gasteiger partial charge on any atom is -0.0769 e. The average molecular weight is 260 g/mol. The Hall–Kier alpha value is 0.130. The molecule has 0 nitrogen and oxygen atoms in total. The first kappa shape index (κ1) is 15.5. The fraction of sp³-hybridized carbons (Fsp3) is 1.00. The normalized spacial score (nSPS) is 26.6. The van der Waals surface area contributed by atoms with Gasteiger partial charge in [0.05, 0.1) is 0 Å². The van der Waals surface area contributed by atoms with Crippen molar-refractivity contribution in [3.63, 3.8) is 0 Å².